The third-order valence-corrected chi connectivity index (χ3v) is 6.30. The summed E-state index contributed by atoms with van der Waals surface area (Å²) >= 11 is 6.14. The minimum Gasteiger partial charge on any atom is -0.370 e. The van der Waals surface area contributed by atoms with Crippen LogP contribution in [-0.2, 0) is 10.0 Å². The molecule has 13 heteroatoms. The summed E-state index contributed by atoms with van der Waals surface area (Å²) in [5.41, 5.74) is 13.3. The minimum absolute atomic E-state index is 0.0937. The number of piperidine rings is 1. The van der Waals surface area contributed by atoms with Crippen LogP contribution in [0.2, 0.25) is 5.02 Å². The lowest BCUT2D eigenvalue weighted by molar-refractivity contribution is 0.0607. The van der Waals surface area contributed by atoms with Crippen LogP contribution in [0.15, 0.2) is 35.5 Å². The topological polar surface area (TPSA) is 161 Å². The number of aliphatic imine (C=N–C) groups is 1. The predicted molar refractivity (Wildman–Crippen MR) is 131 cm³/mol. The van der Waals surface area contributed by atoms with Crippen molar-refractivity contribution in [2.75, 3.05) is 17.5 Å². The van der Waals surface area contributed by atoms with Gasteiger partial charge < -0.3 is 16.4 Å². The fourth-order valence-electron chi connectivity index (χ4n) is 4.04. The molecule has 11 nitrogen and oxygen atoms in total. The van der Waals surface area contributed by atoms with Crippen molar-refractivity contribution in [1.29, 1.82) is 0 Å². The number of nitrogens with one attached hydrogen (secondary N) is 1. The lowest BCUT2D eigenvalue weighted by Gasteiger charge is -2.35. The van der Waals surface area contributed by atoms with Gasteiger partial charge in [-0.15, -0.1) is 0 Å². The van der Waals surface area contributed by atoms with E-state index in [2.05, 4.69) is 19.8 Å². The first kappa shape index (κ1) is 23.8. The Morgan fingerprint density at radius 3 is 2.74 bits per heavy atom. The number of fused-ring (bicyclic) bond motifs is 1. The number of guanidine groups is 1. The Hall–Kier alpha value is -3.38. The minimum atomic E-state index is -3.59. The van der Waals surface area contributed by atoms with Gasteiger partial charge in [0.25, 0.3) is 5.91 Å². The SMILES string of the molecule is Cc1cn2nc(C3CCCCN3C(=O)c3cc(Cl)ccc3NS(C)(=O)=O)cc2nc1N=C(N)N. The molecule has 5 N–H and O–H groups in total. The Balaban J connectivity index is 1.73. The lowest BCUT2D eigenvalue weighted by atomic mass is 9.98. The number of benzene rings is 1. The van der Waals surface area contributed by atoms with Gasteiger partial charge in [-0.25, -0.2) is 17.9 Å². The number of hydrogen-bond donors (Lipinski definition) is 3. The summed E-state index contributed by atoms with van der Waals surface area (Å²) in [4.78, 5) is 23.9. The number of sulfonamides is 1. The van der Waals surface area contributed by atoms with E-state index in [9.17, 15) is 13.2 Å². The second-order valence-electron chi connectivity index (χ2n) is 8.23. The van der Waals surface area contributed by atoms with Crippen LogP contribution < -0.4 is 16.2 Å². The molecule has 1 aliphatic rings. The number of carbonyl (C=O) groups excluding carboxylic acids is 1. The molecule has 2 aromatic heterocycles. The monoisotopic (exact) mass is 504 g/mol. The Morgan fingerprint density at radius 2 is 2.03 bits per heavy atom. The molecule has 1 amide bonds. The van der Waals surface area contributed by atoms with Crippen LogP contribution in [0.25, 0.3) is 5.65 Å². The molecule has 0 saturated carbocycles. The van der Waals surface area contributed by atoms with Crippen molar-refractivity contribution in [1.82, 2.24) is 19.5 Å². The molecule has 0 radical (unpaired) electrons. The average molecular weight is 505 g/mol. The van der Waals surface area contributed by atoms with Gasteiger partial charge in [0.15, 0.2) is 17.4 Å². The van der Waals surface area contributed by atoms with E-state index in [1.165, 1.54) is 18.2 Å². The first-order chi connectivity index (χ1) is 16.0. The highest BCUT2D eigenvalue weighted by Crippen LogP contribution is 2.34. The van der Waals surface area contributed by atoms with E-state index < -0.39 is 10.0 Å². The third kappa shape index (κ3) is 5.07. The smallest absolute Gasteiger partial charge is 0.256 e. The molecule has 1 saturated heterocycles. The molecule has 0 bridgehead atoms. The van der Waals surface area contributed by atoms with E-state index in [1.54, 1.807) is 21.7 Å². The molecule has 3 aromatic rings. The largest absolute Gasteiger partial charge is 0.370 e. The molecule has 180 valence electrons. The molecule has 1 atom stereocenters. The van der Waals surface area contributed by atoms with E-state index >= 15 is 0 Å². The fraction of sp³-hybridized carbons (Fsp3) is 0.333. The number of anilines is 1. The lowest BCUT2D eigenvalue weighted by Crippen LogP contribution is -2.39. The van der Waals surface area contributed by atoms with Gasteiger partial charge >= 0.3 is 0 Å². The molecule has 1 fully saturated rings. The zero-order valence-electron chi connectivity index (χ0n) is 18.7. The number of carbonyl (C=O) groups is 1. The van der Waals surface area contributed by atoms with Crippen LogP contribution in [-0.4, -0.2) is 52.6 Å². The quantitative estimate of drug-likeness (QED) is 0.354. The Bertz CT molecular complexity index is 1400. The summed E-state index contributed by atoms with van der Waals surface area (Å²) in [7, 11) is -3.59. The van der Waals surface area contributed by atoms with Crippen LogP contribution in [0, 0.1) is 6.92 Å². The number of likely N-dealkylation sites (tertiary alicyclic amines) is 1. The van der Waals surface area contributed by atoms with Gasteiger partial charge in [0.1, 0.15) is 0 Å². The molecular formula is C21H25ClN8O3S. The second kappa shape index (κ2) is 9.11. The Labute approximate surface area is 201 Å². The van der Waals surface area contributed by atoms with E-state index in [-0.39, 0.29) is 29.2 Å². The second-order valence-corrected chi connectivity index (χ2v) is 10.4. The van der Waals surface area contributed by atoms with Crippen molar-refractivity contribution in [3.63, 3.8) is 0 Å². The highest BCUT2D eigenvalue weighted by atomic mass is 35.5. The maximum atomic E-state index is 13.6. The number of nitrogens with two attached hydrogens (primary N) is 2. The summed E-state index contributed by atoms with van der Waals surface area (Å²) < 4.78 is 27.7. The van der Waals surface area contributed by atoms with Crippen LogP contribution in [0.3, 0.4) is 0 Å². The van der Waals surface area contributed by atoms with Crippen molar-refractivity contribution >= 4 is 50.6 Å². The van der Waals surface area contributed by atoms with Gasteiger partial charge in [0.05, 0.1) is 29.2 Å². The number of aryl methyl sites for hydroxylation is 1. The average Bonchev–Trinajstić information content (AvgIpc) is 3.16. The number of nitrogens with zero attached hydrogens (tertiary/aromatic N) is 5. The zero-order chi connectivity index (χ0) is 24.6. The van der Waals surface area contributed by atoms with Crippen molar-refractivity contribution in [2.45, 2.75) is 32.2 Å². The van der Waals surface area contributed by atoms with Crippen LogP contribution in [0.5, 0.6) is 0 Å². The standard InChI is InChI=1S/C21H25ClN8O3S/c1-12-11-30-18(25-19(12)26-21(23)24)10-16(27-30)17-5-3-4-8-29(17)20(31)14-9-13(22)6-7-15(14)28-34(2,32)33/h6-7,9-11,17,28H,3-5,8H2,1-2H3,(H4,23,24,25,26). The third-order valence-electron chi connectivity index (χ3n) is 5.47. The number of hydrogen-bond acceptors (Lipinski definition) is 6. The summed E-state index contributed by atoms with van der Waals surface area (Å²) in [5, 5.41) is 4.98. The summed E-state index contributed by atoms with van der Waals surface area (Å²) in [6.07, 6.45) is 5.23. The molecule has 4 rings (SSSR count). The number of aromatic nitrogens is 3. The maximum absolute atomic E-state index is 13.6. The van der Waals surface area contributed by atoms with Gasteiger partial charge in [-0.3, -0.25) is 9.52 Å². The van der Waals surface area contributed by atoms with Crippen LogP contribution >= 0.6 is 11.6 Å². The Kier molecular flexibility index (Phi) is 6.36. The van der Waals surface area contributed by atoms with Gasteiger partial charge in [-0.05, 0) is 44.4 Å². The van der Waals surface area contributed by atoms with Gasteiger partial charge in [0, 0.05) is 29.4 Å². The summed E-state index contributed by atoms with van der Waals surface area (Å²) in [6, 6.07) is 5.97. The number of rotatable bonds is 5. The Morgan fingerprint density at radius 1 is 1.26 bits per heavy atom. The highest BCUT2D eigenvalue weighted by molar-refractivity contribution is 7.92. The molecule has 1 aromatic carbocycles. The van der Waals surface area contributed by atoms with Gasteiger partial charge in [-0.2, -0.15) is 10.1 Å². The molecule has 3 heterocycles. The van der Waals surface area contributed by atoms with E-state index in [0.29, 0.717) is 35.1 Å². The molecule has 1 aliphatic heterocycles. The van der Waals surface area contributed by atoms with Crippen molar-refractivity contribution < 1.29 is 13.2 Å². The van der Waals surface area contributed by atoms with E-state index in [0.717, 1.165) is 24.7 Å². The van der Waals surface area contributed by atoms with E-state index in [1.807, 2.05) is 6.92 Å². The van der Waals surface area contributed by atoms with Crippen molar-refractivity contribution in [2.24, 2.45) is 16.5 Å². The first-order valence-electron chi connectivity index (χ1n) is 10.6. The molecule has 1 unspecified atom stereocenters. The molecular weight excluding hydrogens is 480 g/mol. The summed E-state index contributed by atoms with van der Waals surface area (Å²) in [6.45, 7) is 2.31. The van der Waals surface area contributed by atoms with Gasteiger partial charge in [-0.1, -0.05) is 11.6 Å². The molecule has 34 heavy (non-hydrogen) atoms. The fourth-order valence-corrected chi connectivity index (χ4v) is 4.79. The van der Waals surface area contributed by atoms with Crippen molar-refractivity contribution in [3.8, 4) is 0 Å². The highest BCUT2D eigenvalue weighted by Gasteiger charge is 2.32. The predicted octanol–water partition coefficient (Wildman–Crippen LogP) is 2.33. The zero-order valence-corrected chi connectivity index (χ0v) is 20.3. The van der Waals surface area contributed by atoms with Crippen molar-refractivity contribution in [3.05, 3.63) is 52.3 Å². The molecule has 0 spiro atoms. The number of halogens is 1. The molecule has 0 aliphatic carbocycles. The normalized spacial score (nSPS) is 16.4. The maximum Gasteiger partial charge on any atom is 0.256 e. The van der Waals surface area contributed by atoms with Gasteiger partial charge in [0.2, 0.25) is 10.0 Å². The van der Waals surface area contributed by atoms with E-state index in [4.69, 9.17) is 23.1 Å². The van der Waals surface area contributed by atoms with Crippen LogP contribution in [0.4, 0.5) is 11.5 Å². The summed E-state index contributed by atoms with van der Waals surface area (Å²) in [5.74, 6) is -0.0320. The first-order valence-corrected chi connectivity index (χ1v) is 12.8. The van der Waals surface area contributed by atoms with Crippen LogP contribution in [0.1, 0.15) is 46.9 Å². The number of amides is 1.